The number of nitrogens with zero attached hydrogens (tertiary/aromatic N) is 2. The third kappa shape index (κ3) is 2.85. The zero-order valence-electron chi connectivity index (χ0n) is 16.1. The van der Waals surface area contributed by atoms with Gasteiger partial charge in [-0.25, -0.2) is 4.79 Å². The van der Waals surface area contributed by atoms with E-state index in [2.05, 4.69) is 15.2 Å². The molecular formula is C21H24N4O4. The lowest BCUT2D eigenvalue weighted by atomic mass is 9.75. The zero-order chi connectivity index (χ0) is 20.2. The highest BCUT2D eigenvalue weighted by atomic mass is 16.4. The number of piperidine rings is 1. The molecule has 5 rings (SSSR count). The fraction of sp³-hybridized carbons (Fsp3) is 0.476. The molecule has 2 fully saturated rings. The van der Waals surface area contributed by atoms with E-state index in [1.165, 1.54) is 0 Å². The molecular weight excluding hydrogens is 372 g/mol. The first-order chi connectivity index (χ1) is 14.0. The molecule has 1 aromatic carbocycles. The minimum atomic E-state index is -1.06. The normalized spacial score (nSPS) is 22.7. The van der Waals surface area contributed by atoms with E-state index >= 15 is 0 Å². The summed E-state index contributed by atoms with van der Waals surface area (Å²) in [6.45, 7) is 1.63. The average molecular weight is 396 g/mol. The maximum Gasteiger partial charge on any atom is 0.404 e. The molecule has 1 saturated carbocycles. The predicted molar refractivity (Wildman–Crippen MR) is 106 cm³/mol. The molecule has 2 aliphatic heterocycles. The molecule has 3 N–H and O–H groups in total. The summed E-state index contributed by atoms with van der Waals surface area (Å²) in [7, 11) is 0. The van der Waals surface area contributed by atoms with Crippen LogP contribution in [-0.4, -0.2) is 58.2 Å². The van der Waals surface area contributed by atoms with Crippen LogP contribution in [0.5, 0.6) is 0 Å². The number of carbonyl (C=O) groups is 3. The molecule has 3 aliphatic rings. The van der Waals surface area contributed by atoms with Gasteiger partial charge in [0.25, 0.3) is 11.8 Å². The lowest BCUT2D eigenvalue weighted by Crippen LogP contribution is -2.55. The number of benzene rings is 1. The van der Waals surface area contributed by atoms with Crippen LogP contribution in [0.3, 0.4) is 0 Å². The number of carboxylic acid groups (broad SMARTS) is 1. The molecule has 29 heavy (non-hydrogen) atoms. The molecule has 0 radical (unpaired) electrons. The Kier molecular flexibility index (Phi) is 4.04. The maximum atomic E-state index is 13.1. The van der Waals surface area contributed by atoms with Crippen molar-refractivity contribution in [3.8, 4) is 0 Å². The molecule has 8 nitrogen and oxygen atoms in total. The molecule has 1 aliphatic carbocycles. The van der Waals surface area contributed by atoms with Crippen LogP contribution in [0.4, 0.5) is 4.79 Å². The summed E-state index contributed by atoms with van der Waals surface area (Å²) < 4.78 is 2.15. The largest absolute Gasteiger partial charge is 0.465 e. The summed E-state index contributed by atoms with van der Waals surface area (Å²) in [5.74, 6) is -0.160. The van der Waals surface area contributed by atoms with Gasteiger partial charge in [0.05, 0.1) is 11.1 Å². The summed E-state index contributed by atoms with van der Waals surface area (Å²) >= 11 is 0. The van der Waals surface area contributed by atoms with Crippen molar-refractivity contribution in [2.24, 2.45) is 0 Å². The number of hydrogen-bond acceptors (Lipinski definition) is 3. The number of hydrogen-bond donors (Lipinski definition) is 3. The predicted octanol–water partition coefficient (Wildman–Crippen LogP) is 2.14. The van der Waals surface area contributed by atoms with Crippen molar-refractivity contribution < 1.29 is 19.5 Å². The minimum Gasteiger partial charge on any atom is -0.465 e. The van der Waals surface area contributed by atoms with Gasteiger partial charge in [-0.1, -0.05) is 6.07 Å². The fourth-order valence-electron chi connectivity index (χ4n) is 5.05. The van der Waals surface area contributed by atoms with Gasteiger partial charge in [0.2, 0.25) is 0 Å². The van der Waals surface area contributed by atoms with E-state index in [9.17, 15) is 14.4 Å². The molecule has 1 saturated heterocycles. The second kappa shape index (κ2) is 6.50. The Balaban J connectivity index is 1.49. The Bertz CT molecular complexity index is 1020. The van der Waals surface area contributed by atoms with Gasteiger partial charge in [-0.2, -0.15) is 0 Å². The monoisotopic (exact) mass is 396 g/mol. The second-order valence-electron chi connectivity index (χ2n) is 8.44. The molecule has 8 heteroatoms. The number of nitrogens with one attached hydrogen (secondary N) is 2. The molecule has 0 bridgehead atoms. The van der Waals surface area contributed by atoms with E-state index < -0.39 is 6.09 Å². The number of likely N-dealkylation sites (tertiary alicyclic amines) is 1. The SMILES string of the molecule is O=C(O)NC1CCCN(C(=O)c2ccc3cc4n(c3c2)C2(CCC2)CNC4=O)C1. The summed E-state index contributed by atoms with van der Waals surface area (Å²) in [6.07, 6.45) is 3.63. The van der Waals surface area contributed by atoms with Gasteiger partial charge < -0.3 is 25.2 Å². The fourth-order valence-corrected chi connectivity index (χ4v) is 5.05. The first-order valence-electron chi connectivity index (χ1n) is 10.2. The van der Waals surface area contributed by atoms with Gasteiger partial charge in [0.15, 0.2) is 0 Å². The van der Waals surface area contributed by atoms with Crippen molar-refractivity contribution in [3.05, 3.63) is 35.5 Å². The molecule has 3 amide bonds. The van der Waals surface area contributed by atoms with Crippen molar-refractivity contribution in [2.75, 3.05) is 19.6 Å². The molecule has 3 heterocycles. The minimum absolute atomic E-state index is 0.0646. The molecule has 1 aromatic heterocycles. The van der Waals surface area contributed by atoms with Crippen molar-refractivity contribution in [2.45, 2.75) is 43.7 Å². The molecule has 1 spiro atoms. The number of aromatic nitrogens is 1. The van der Waals surface area contributed by atoms with Crippen LogP contribution >= 0.6 is 0 Å². The Hall–Kier alpha value is -3.03. The highest BCUT2D eigenvalue weighted by molar-refractivity contribution is 6.03. The van der Waals surface area contributed by atoms with E-state index in [4.69, 9.17) is 5.11 Å². The van der Waals surface area contributed by atoms with Gasteiger partial charge >= 0.3 is 6.09 Å². The van der Waals surface area contributed by atoms with Crippen LogP contribution in [0.1, 0.15) is 53.0 Å². The van der Waals surface area contributed by atoms with E-state index in [1.54, 1.807) is 11.0 Å². The van der Waals surface area contributed by atoms with Crippen LogP contribution in [0.15, 0.2) is 24.3 Å². The number of rotatable bonds is 2. The third-order valence-corrected chi connectivity index (χ3v) is 6.66. The van der Waals surface area contributed by atoms with Gasteiger partial charge in [-0.15, -0.1) is 0 Å². The molecule has 1 unspecified atom stereocenters. The molecule has 2 aromatic rings. The standard InChI is InChI=1S/C21H24N4O4/c26-18-17-9-13-4-5-14(10-16(13)25(17)21(12-22-18)6-2-7-21)19(27)24-8-1-3-15(11-24)23-20(28)29/h4-5,9-10,15,23H,1-3,6-8,11-12H2,(H,22,26)(H,28,29). The van der Waals surface area contributed by atoms with E-state index in [0.717, 1.165) is 43.0 Å². The summed E-state index contributed by atoms with van der Waals surface area (Å²) in [4.78, 5) is 38.2. The van der Waals surface area contributed by atoms with E-state index in [0.29, 0.717) is 30.9 Å². The summed E-state index contributed by atoms with van der Waals surface area (Å²) in [5.41, 5.74) is 2.10. The maximum absolute atomic E-state index is 13.1. The van der Waals surface area contributed by atoms with Gasteiger partial charge in [0.1, 0.15) is 5.69 Å². The van der Waals surface area contributed by atoms with Crippen LogP contribution in [0, 0.1) is 0 Å². The first kappa shape index (κ1) is 18.0. The smallest absolute Gasteiger partial charge is 0.404 e. The van der Waals surface area contributed by atoms with Crippen LogP contribution in [0.2, 0.25) is 0 Å². The third-order valence-electron chi connectivity index (χ3n) is 6.66. The highest BCUT2D eigenvalue weighted by Gasteiger charge is 2.44. The lowest BCUT2D eigenvalue weighted by molar-refractivity contribution is 0.0692. The van der Waals surface area contributed by atoms with E-state index in [-0.39, 0.29) is 23.4 Å². The van der Waals surface area contributed by atoms with Crippen molar-refractivity contribution >= 4 is 28.8 Å². The number of carbonyl (C=O) groups excluding carboxylic acids is 2. The van der Waals surface area contributed by atoms with Crippen molar-refractivity contribution in [1.29, 1.82) is 0 Å². The van der Waals surface area contributed by atoms with Crippen molar-refractivity contribution in [3.63, 3.8) is 0 Å². The zero-order valence-corrected chi connectivity index (χ0v) is 16.1. The van der Waals surface area contributed by atoms with Crippen LogP contribution in [-0.2, 0) is 5.54 Å². The highest BCUT2D eigenvalue weighted by Crippen LogP contribution is 2.44. The Labute approximate surface area is 167 Å². The topological polar surface area (TPSA) is 104 Å². The van der Waals surface area contributed by atoms with Gasteiger partial charge in [-0.05, 0) is 50.3 Å². The molecule has 1 atom stereocenters. The quantitative estimate of drug-likeness (QED) is 0.723. The summed E-state index contributed by atoms with van der Waals surface area (Å²) in [6, 6.07) is 7.28. The molecule has 152 valence electrons. The Morgan fingerprint density at radius 3 is 2.76 bits per heavy atom. The van der Waals surface area contributed by atoms with Crippen molar-refractivity contribution in [1.82, 2.24) is 20.1 Å². The Morgan fingerprint density at radius 1 is 1.21 bits per heavy atom. The number of amides is 3. The van der Waals surface area contributed by atoms with Crippen LogP contribution in [0.25, 0.3) is 10.9 Å². The second-order valence-corrected chi connectivity index (χ2v) is 8.44. The van der Waals surface area contributed by atoms with Gasteiger partial charge in [-0.3, -0.25) is 9.59 Å². The average Bonchev–Trinajstić information content (AvgIpc) is 3.06. The first-order valence-corrected chi connectivity index (χ1v) is 10.2. The van der Waals surface area contributed by atoms with Gasteiger partial charge in [0, 0.05) is 36.6 Å². The van der Waals surface area contributed by atoms with E-state index in [1.807, 2.05) is 18.2 Å². The number of fused-ring (bicyclic) bond motifs is 4. The van der Waals surface area contributed by atoms with Crippen LogP contribution < -0.4 is 10.6 Å². The Morgan fingerprint density at radius 2 is 2.03 bits per heavy atom. The summed E-state index contributed by atoms with van der Waals surface area (Å²) in [5, 5.41) is 15.4. The lowest BCUT2D eigenvalue weighted by Gasteiger charge is -2.47.